The van der Waals surface area contributed by atoms with Crippen molar-refractivity contribution in [1.82, 2.24) is 9.78 Å². The predicted molar refractivity (Wildman–Crippen MR) is 75.6 cm³/mol. The second-order valence-electron chi connectivity index (χ2n) is 4.35. The summed E-state index contributed by atoms with van der Waals surface area (Å²) >= 11 is 3.34. The SMILES string of the molecule is CC(C)Oc1cccc(Cn2ncc(Br)c2N)c1. The van der Waals surface area contributed by atoms with Gasteiger partial charge in [0.25, 0.3) is 0 Å². The minimum atomic E-state index is 0.171. The monoisotopic (exact) mass is 309 g/mol. The zero-order valence-corrected chi connectivity index (χ0v) is 12.0. The predicted octanol–water partition coefficient (Wildman–Crippen LogP) is 3.06. The zero-order valence-electron chi connectivity index (χ0n) is 10.4. The number of aromatic nitrogens is 2. The van der Waals surface area contributed by atoms with Crippen LogP contribution in [0.3, 0.4) is 0 Å². The molecule has 0 unspecified atom stereocenters. The normalized spacial score (nSPS) is 10.9. The molecule has 5 heteroatoms. The van der Waals surface area contributed by atoms with Gasteiger partial charge in [-0.25, -0.2) is 4.68 Å². The third-order valence-electron chi connectivity index (χ3n) is 2.44. The van der Waals surface area contributed by atoms with Gasteiger partial charge in [-0.2, -0.15) is 5.10 Å². The van der Waals surface area contributed by atoms with Gasteiger partial charge < -0.3 is 10.5 Å². The van der Waals surface area contributed by atoms with Crippen molar-refractivity contribution in [3.05, 3.63) is 40.5 Å². The van der Waals surface area contributed by atoms with Crippen molar-refractivity contribution in [2.45, 2.75) is 26.5 Å². The van der Waals surface area contributed by atoms with E-state index in [0.717, 1.165) is 15.8 Å². The van der Waals surface area contributed by atoms with Gasteiger partial charge in [0.1, 0.15) is 11.6 Å². The maximum absolute atomic E-state index is 5.89. The fraction of sp³-hybridized carbons (Fsp3) is 0.308. The zero-order chi connectivity index (χ0) is 13.1. The van der Waals surface area contributed by atoms with Gasteiger partial charge in [-0.05, 0) is 47.5 Å². The van der Waals surface area contributed by atoms with Crippen LogP contribution in [0.25, 0.3) is 0 Å². The summed E-state index contributed by atoms with van der Waals surface area (Å²) in [4.78, 5) is 0. The van der Waals surface area contributed by atoms with Crippen LogP contribution in [0.1, 0.15) is 19.4 Å². The third kappa shape index (κ3) is 3.04. The number of nitrogens with zero attached hydrogens (tertiary/aromatic N) is 2. The summed E-state index contributed by atoms with van der Waals surface area (Å²) in [5.74, 6) is 1.50. The highest BCUT2D eigenvalue weighted by molar-refractivity contribution is 9.10. The van der Waals surface area contributed by atoms with Crippen molar-refractivity contribution in [2.75, 3.05) is 5.73 Å². The molecule has 1 aromatic carbocycles. The van der Waals surface area contributed by atoms with Gasteiger partial charge in [-0.1, -0.05) is 12.1 Å². The van der Waals surface area contributed by atoms with Crippen LogP contribution in [0.2, 0.25) is 0 Å². The number of anilines is 1. The summed E-state index contributed by atoms with van der Waals surface area (Å²) in [7, 11) is 0. The Bertz CT molecular complexity index is 537. The van der Waals surface area contributed by atoms with Crippen molar-refractivity contribution in [3.63, 3.8) is 0 Å². The highest BCUT2D eigenvalue weighted by Gasteiger charge is 2.06. The summed E-state index contributed by atoms with van der Waals surface area (Å²) in [5.41, 5.74) is 7.00. The van der Waals surface area contributed by atoms with Gasteiger partial charge in [0.2, 0.25) is 0 Å². The molecule has 0 aliphatic rings. The largest absolute Gasteiger partial charge is 0.491 e. The van der Waals surface area contributed by atoms with E-state index in [-0.39, 0.29) is 6.10 Å². The van der Waals surface area contributed by atoms with Gasteiger partial charge >= 0.3 is 0 Å². The second-order valence-corrected chi connectivity index (χ2v) is 5.20. The van der Waals surface area contributed by atoms with E-state index in [1.807, 2.05) is 38.1 Å². The van der Waals surface area contributed by atoms with Gasteiger partial charge in [0.15, 0.2) is 0 Å². The number of ether oxygens (including phenoxy) is 1. The van der Waals surface area contributed by atoms with E-state index in [1.54, 1.807) is 10.9 Å². The molecular formula is C13H16BrN3O. The van der Waals surface area contributed by atoms with E-state index >= 15 is 0 Å². The average molecular weight is 310 g/mol. The van der Waals surface area contributed by atoms with E-state index in [2.05, 4.69) is 21.0 Å². The van der Waals surface area contributed by atoms with Crippen molar-refractivity contribution in [2.24, 2.45) is 0 Å². The summed E-state index contributed by atoms with van der Waals surface area (Å²) < 4.78 is 8.22. The lowest BCUT2D eigenvalue weighted by molar-refractivity contribution is 0.242. The minimum Gasteiger partial charge on any atom is -0.491 e. The fourth-order valence-electron chi connectivity index (χ4n) is 1.66. The molecule has 2 rings (SSSR count). The number of benzene rings is 1. The smallest absolute Gasteiger partial charge is 0.136 e. The number of hydrogen-bond donors (Lipinski definition) is 1. The molecule has 1 heterocycles. The van der Waals surface area contributed by atoms with Gasteiger partial charge in [0.05, 0.1) is 23.3 Å². The van der Waals surface area contributed by atoms with Crippen LogP contribution in [0, 0.1) is 0 Å². The highest BCUT2D eigenvalue weighted by atomic mass is 79.9. The second kappa shape index (κ2) is 5.44. The van der Waals surface area contributed by atoms with Crippen LogP contribution < -0.4 is 10.5 Å². The van der Waals surface area contributed by atoms with Crippen LogP contribution >= 0.6 is 15.9 Å². The number of nitrogen functional groups attached to an aromatic ring is 1. The molecule has 2 N–H and O–H groups in total. The molecule has 0 aliphatic heterocycles. The van der Waals surface area contributed by atoms with E-state index < -0.39 is 0 Å². The van der Waals surface area contributed by atoms with Crippen molar-refractivity contribution >= 4 is 21.7 Å². The summed E-state index contributed by atoms with van der Waals surface area (Å²) in [6.07, 6.45) is 1.87. The first-order valence-electron chi connectivity index (χ1n) is 5.78. The first-order valence-corrected chi connectivity index (χ1v) is 6.58. The Kier molecular flexibility index (Phi) is 3.91. The Labute approximate surface area is 115 Å². The maximum atomic E-state index is 5.89. The molecule has 0 spiro atoms. The molecule has 0 amide bonds. The molecule has 0 bridgehead atoms. The summed E-state index contributed by atoms with van der Waals surface area (Å²) in [6.45, 7) is 4.65. The summed E-state index contributed by atoms with van der Waals surface area (Å²) in [6, 6.07) is 7.96. The number of nitrogens with two attached hydrogens (primary N) is 1. The molecule has 0 aliphatic carbocycles. The first kappa shape index (κ1) is 13.0. The van der Waals surface area contributed by atoms with Gasteiger partial charge in [0, 0.05) is 0 Å². The standard InChI is InChI=1S/C13H16BrN3O/c1-9(2)18-11-5-3-4-10(6-11)8-17-13(15)12(14)7-16-17/h3-7,9H,8,15H2,1-2H3. The van der Waals surface area contributed by atoms with E-state index in [1.165, 1.54) is 0 Å². The van der Waals surface area contributed by atoms with Gasteiger partial charge in [-0.15, -0.1) is 0 Å². The lowest BCUT2D eigenvalue weighted by Gasteiger charge is -2.11. The lowest BCUT2D eigenvalue weighted by atomic mass is 10.2. The van der Waals surface area contributed by atoms with Crippen molar-refractivity contribution < 1.29 is 4.74 Å². The van der Waals surface area contributed by atoms with Crippen LogP contribution in [0.5, 0.6) is 5.75 Å². The average Bonchev–Trinajstić information content (AvgIpc) is 2.61. The van der Waals surface area contributed by atoms with Crippen molar-refractivity contribution in [1.29, 1.82) is 0 Å². The van der Waals surface area contributed by atoms with Gasteiger partial charge in [-0.3, -0.25) is 0 Å². The van der Waals surface area contributed by atoms with Crippen LogP contribution in [-0.4, -0.2) is 15.9 Å². The molecule has 0 saturated heterocycles. The third-order valence-corrected chi connectivity index (χ3v) is 3.05. The molecule has 2 aromatic rings. The lowest BCUT2D eigenvalue weighted by Crippen LogP contribution is -2.08. The van der Waals surface area contributed by atoms with Crippen LogP contribution in [0.4, 0.5) is 5.82 Å². The molecule has 4 nitrogen and oxygen atoms in total. The number of hydrogen-bond acceptors (Lipinski definition) is 3. The maximum Gasteiger partial charge on any atom is 0.136 e. The Morgan fingerprint density at radius 3 is 2.83 bits per heavy atom. The molecular weight excluding hydrogens is 294 g/mol. The van der Waals surface area contributed by atoms with E-state index in [0.29, 0.717) is 12.4 Å². The molecule has 96 valence electrons. The van der Waals surface area contributed by atoms with Crippen molar-refractivity contribution in [3.8, 4) is 5.75 Å². The molecule has 0 radical (unpaired) electrons. The number of rotatable bonds is 4. The molecule has 0 saturated carbocycles. The number of halogens is 1. The van der Waals surface area contributed by atoms with Crippen LogP contribution in [0.15, 0.2) is 34.9 Å². The molecule has 0 atom stereocenters. The Morgan fingerprint density at radius 2 is 2.22 bits per heavy atom. The quantitative estimate of drug-likeness (QED) is 0.944. The van der Waals surface area contributed by atoms with E-state index in [4.69, 9.17) is 10.5 Å². The van der Waals surface area contributed by atoms with Crippen LogP contribution in [-0.2, 0) is 6.54 Å². The Hall–Kier alpha value is -1.49. The molecule has 18 heavy (non-hydrogen) atoms. The minimum absolute atomic E-state index is 0.171. The Morgan fingerprint density at radius 1 is 1.44 bits per heavy atom. The summed E-state index contributed by atoms with van der Waals surface area (Å²) in [5, 5.41) is 4.21. The first-order chi connectivity index (χ1) is 8.56. The topological polar surface area (TPSA) is 53.1 Å². The fourth-order valence-corrected chi connectivity index (χ4v) is 1.96. The molecule has 1 aromatic heterocycles. The van der Waals surface area contributed by atoms with E-state index in [9.17, 15) is 0 Å². The molecule has 0 fully saturated rings. The highest BCUT2D eigenvalue weighted by Crippen LogP contribution is 2.20. The Balaban J connectivity index is 2.16.